The van der Waals surface area contributed by atoms with Crippen LogP contribution in [0.5, 0.6) is 17.2 Å². The topological polar surface area (TPSA) is 75.8 Å². The van der Waals surface area contributed by atoms with Crippen molar-refractivity contribution < 1.29 is 18.6 Å². The second-order valence-corrected chi connectivity index (χ2v) is 8.76. The quantitative estimate of drug-likeness (QED) is 0.296. The zero-order valence-electron chi connectivity index (χ0n) is 20.8. The summed E-state index contributed by atoms with van der Waals surface area (Å²) in [6, 6.07) is 19.0. The molecule has 0 saturated heterocycles. The molecule has 0 radical (unpaired) electrons. The van der Waals surface area contributed by atoms with E-state index in [4.69, 9.17) is 26.4 Å². The van der Waals surface area contributed by atoms with Gasteiger partial charge in [0.1, 0.15) is 11.6 Å². The normalized spacial score (nSPS) is 10.7. The van der Waals surface area contributed by atoms with Crippen molar-refractivity contribution in [2.24, 2.45) is 0 Å². The fraction of sp³-hybridized carbons (Fsp3) is 0.214. The average molecular weight is 522 g/mol. The molecule has 0 spiro atoms. The largest absolute Gasteiger partial charge is 0.497 e. The number of rotatable bonds is 9. The third kappa shape index (κ3) is 6.37. The van der Waals surface area contributed by atoms with Crippen molar-refractivity contribution in [3.63, 3.8) is 0 Å². The zero-order valence-corrected chi connectivity index (χ0v) is 21.7. The van der Waals surface area contributed by atoms with Crippen LogP contribution in [0.1, 0.15) is 11.1 Å². The summed E-state index contributed by atoms with van der Waals surface area (Å²) in [6.45, 7) is 0.779. The van der Waals surface area contributed by atoms with Crippen LogP contribution < -0.4 is 25.1 Å². The molecule has 0 aliphatic heterocycles. The number of pyridine rings is 1. The van der Waals surface area contributed by atoms with Gasteiger partial charge in [0.05, 0.1) is 27.9 Å². The highest BCUT2D eigenvalue weighted by molar-refractivity contribution is 7.80. The lowest BCUT2D eigenvalue weighted by atomic mass is 10.1. The van der Waals surface area contributed by atoms with Crippen molar-refractivity contribution in [1.29, 1.82) is 0 Å². The molecular weight excluding hydrogens is 493 g/mol. The van der Waals surface area contributed by atoms with Crippen molar-refractivity contribution in [2.45, 2.75) is 13.0 Å². The number of methoxy groups -OCH3 is 3. The zero-order chi connectivity index (χ0) is 26.4. The molecule has 0 aliphatic rings. The van der Waals surface area contributed by atoms with Crippen molar-refractivity contribution in [2.75, 3.05) is 33.2 Å². The molecule has 2 N–H and O–H groups in total. The molecule has 1 aromatic heterocycles. The Morgan fingerprint density at radius 3 is 2.41 bits per heavy atom. The molecule has 1 heterocycles. The molecule has 9 heteroatoms. The first kappa shape index (κ1) is 26.0. The summed E-state index contributed by atoms with van der Waals surface area (Å²) in [5.41, 5.74) is 2.75. The van der Waals surface area contributed by atoms with Gasteiger partial charge in [-0.1, -0.05) is 6.07 Å². The van der Waals surface area contributed by atoms with Gasteiger partial charge >= 0.3 is 0 Å². The van der Waals surface area contributed by atoms with E-state index in [1.165, 1.54) is 12.1 Å². The van der Waals surface area contributed by atoms with Crippen LogP contribution in [0.3, 0.4) is 0 Å². The molecule has 0 atom stereocenters. The van der Waals surface area contributed by atoms with E-state index in [1.54, 1.807) is 39.5 Å². The summed E-state index contributed by atoms with van der Waals surface area (Å²) in [7, 11) is 4.79. The number of aromatic amines is 1. The Hall–Kier alpha value is -4.11. The van der Waals surface area contributed by atoms with E-state index in [2.05, 4.69) is 10.3 Å². The molecule has 0 aliphatic carbocycles. The van der Waals surface area contributed by atoms with Crippen molar-refractivity contribution in [3.05, 3.63) is 94.0 Å². The van der Waals surface area contributed by atoms with Gasteiger partial charge in [-0.2, -0.15) is 0 Å². The van der Waals surface area contributed by atoms with E-state index >= 15 is 0 Å². The molecule has 3 aromatic carbocycles. The van der Waals surface area contributed by atoms with E-state index < -0.39 is 0 Å². The standard InChI is InChI=1S/C28H28FN3O4S/c1-34-23-9-10-24-19(16-23)15-20(27(33)31-24)17-32(28(37)30-22-7-5-21(29)6-8-22)13-12-18-4-11-25(35-2)26(14-18)36-3/h4-11,14-16H,12-13,17H2,1-3H3,(H,30,37)(H,31,33). The SMILES string of the molecule is COc1ccc2[nH]c(=O)c(CN(CCc3ccc(OC)c(OC)c3)C(=S)Nc3ccc(F)cc3)cc2c1. The number of thiocarbonyl (C=S) groups is 1. The van der Waals surface area contributed by atoms with Crippen LogP contribution >= 0.6 is 12.2 Å². The minimum absolute atomic E-state index is 0.196. The Morgan fingerprint density at radius 2 is 1.70 bits per heavy atom. The van der Waals surface area contributed by atoms with Crippen LogP contribution in [0.2, 0.25) is 0 Å². The Balaban J connectivity index is 1.61. The van der Waals surface area contributed by atoms with Gasteiger partial charge in [-0.3, -0.25) is 4.79 Å². The second-order valence-electron chi connectivity index (χ2n) is 8.37. The molecule has 4 rings (SSSR count). The number of anilines is 1. The number of fused-ring (bicyclic) bond motifs is 1. The van der Waals surface area contributed by atoms with E-state index in [0.29, 0.717) is 46.6 Å². The van der Waals surface area contributed by atoms with Crippen LogP contribution in [0.15, 0.2) is 71.5 Å². The van der Waals surface area contributed by atoms with Crippen molar-refractivity contribution >= 4 is 33.9 Å². The number of nitrogens with zero attached hydrogens (tertiary/aromatic N) is 1. The smallest absolute Gasteiger partial charge is 0.253 e. The van der Waals surface area contributed by atoms with E-state index in [-0.39, 0.29) is 17.9 Å². The van der Waals surface area contributed by atoms with Crippen LogP contribution in [-0.4, -0.2) is 42.9 Å². The van der Waals surface area contributed by atoms with E-state index in [1.807, 2.05) is 41.3 Å². The highest BCUT2D eigenvalue weighted by atomic mass is 32.1. The van der Waals surface area contributed by atoms with Crippen molar-refractivity contribution in [3.8, 4) is 17.2 Å². The molecule has 0 unspecified atom stereocenters. The highest BCUT2D eigenvalue weighted by Gasteiger charge is 2.15. The van der Waals surface area contributed by atoms with Gasteiger partial charge < -0.3 is 29.4 Å². The number of H-pyrrole nitrogens is 1. The van der Waals surface area contributed by atoms with Gasteiger partial charge in [-0.15, -0.1) is 0 Å². The van der Waals surface area contributed by atoms with E-state index in [9.17, 15) is 9.18 Å². The molecule has 192 valence electrons. The van der Waals surface area contributed by atoms with Crippen LogP contribution in [-0.2, 0) is 13.0 Å². The first-order valence-corrected chi connectivity index (χ1v) is 12.0. The number of hydrogen-bond donors (Lipinski definition) is 2. The van der Waals surface area contributed by atoms with Gasteiger partial charge in [0, 0.05) is 28.7 Å². The summed E-state index contributed by atoms with van der Waals surface area (Å²) in [4.78, 5) is 17.8. The number of nitrogens with one attached hydrogen (secondary N) is 2. The van der Waals surface area contributed by atoms with Crippen LogP contribution in [0, 0.1) is 5.82 Å². The number of benzene rings is 3. The molecule has 0 fully saturated rings. The molecule has 37 heavy (non-hydrogen) atoms. The number of halogens is 1. The first-order valence-electron chi connectivity index (χ1n) is 11.6. The fourth-order valence-electron chi connectivity index (χ4n) is 3.97. The summed E-state index contributed by atoms with van der Waals surface area (Å²) in [5, 5.41) is 4.42. The molecular formula is C28H28FN3O4S. The van der Waals surface area contributed by atoms with Gasteiger partial charge in [0.25, 0.3) is 5.56 Å². The van der Waals surface area contributed by atoms with Gasteiger partial charge in [-0.25, -0.2) is 4.39 Å². The average Bonchev–Trinajstić information content (AvgIpc) is 2.91. The number of aromatic nitrogens is 1. The van der Waals surface area contributed by atoms with Crippen LogP contribution in [0.25, 0.3) is 10.9 Å². The summed E-state index contributed by atoms with van der Waals surface area (Å²) in [6.07, 6.45) is 0.630. The first-order chi connectivity index (χ1) is 17.9. The molecule has 0 amide bonds. The fourth-order valence-corrected chi connectivity index (χ4v) is 4.24. The van der Waals surface area contributed by atoms with Crippen LogP contribution in [0.4, 0.5) is 10.1 Å². The maximum absolute atomic E-state index is 13.4. The maximum Gasteiger partial charge on any atom is 0.253 e. The predicted molar refractivity (Wildman–Crippen MR) is 147 cm³/mol. The third-order valence-electron chi connectivity index (χ3n) is 5.99. The minimum atomic E-state index is -0.333. The maximum atomic E-state index is 13.4. The summed E-state index contributed by atoms with van der Waals surface area (Å²) < 4.78 is 29.5. The monoisotopic (exact) mass is 521 g/mol. The van der Waals surface area contributed by atoms with Gasteiger partial charge in [-0.05, 0) is 84.9 Å². The van der Waals surface area contributed by atoms with Gasteiger partial charge in [0.2, 0.25) is 0 Å². The van der Waals surface area contributed by atoms with Gasteiger partial charge in [0.15, 0.2) is 16.6 Å². The summed E-state index contributed by atoms with van der Waals surface area (Å²) in [5.74, 6) is 1.65. The van der Waals surface area contributed by atoms with Crippen molar-refractivity contribution in [1.82, 2.24) is 9.88 Å². The molecule has 0 saturated carbocycles. The Labute approximate surface area is 219 Å². The molecule has 0 bridgehead atoms. The Morgan fingerprint density at radius 1 is 0.946 bits per heavy atom. The Bertz CT molecular complexity index is 1460. The molecule has 4 aromatic rings. The third-order valence-corrected chi connectivity index (χ3v) is 6.35. The number of ether oxygens (including phenoxy) is 3. The second kappa shape index (κ2) is 11.7. The lowest BCUT2D eigenvalue weighted by Crippen LogP contribution is -2.37. The van der Waals surface area contributed by atoms with E-state index in [0.717, 1.165) is 16.5 Å². The summed E-state index contributed by atoms with van der Waals surface area (Å²) >= 11 is 5.72. The Kier molecular flexibility index (Phi) is 8.25. The lowest BCUT2D eigenvalue weighted by Gasteiger charge is -2.26. The highest BCUT2D eigenvalue weighted by Crippen LogP contribution is 2.28. The molecule has 7 nitrogen and oxygen atoms in total. The minimum Gasteiger partial charge on any atom is -0.497 e. The number of hydrogen-bond acceptors (Lipinski definition) is 5. The lowest BCUT2D eigenvalue weighted by molar-refractivity contribution is 0.354. The predicted octanol–water partition coefficient (Wildman–Crippen LogP) is 5.13.